The number of hydrogen-bond donors (Lipinski definition) is 1. The van der Waals surface area contributed by atoms with Crippen LogP contribution >= 0.6 is 22.7 Å². The van der Waals surface area contributed by atoms with Gasteiger partial charge in [-0.1, -0.05) is 11.3 Å². The van der Waals surface area contributed by atoms with Gasteiger partial charge >= 0.3 is 5.97 Å². The third-order valence-corrected chi connectivity index (χ3v) is 3.83. The maximum Gasteiger partial charge on any atom is 0.349 e. The lowest BCUT2D eigenvalue weighted by Crippen LogP contribution is -2.03. The topological polar surface area (TPSA) is 51.2 Å². The highest BCUT2D eigenvalue weighted by Crippen LogP contribution is 2.18. The third-order valence-electron chi connectivity index (χ3n) is 2.16. The minimum absolute atomic E-state index is 0.339. The van der Waals surface area contributed by atoms with Gasteiger partial charge in [-0.25, -0.2) is 9.78 Å². The zero-order chi connectivity index (χ0) is 12.1. The summed E-state index contributed by atoms with van der Waals surface area (Å²) in [6.07, 6.45) is 2.49. The number of aromatic nitrogens is 1. The van der Waals surface area contributed by atoms with E-state index in [9.17, 15) is 4.79 Å². The monoisotopic (exact) mass is 268 g/mol. The molecule has 0 aliphatic carbocycles. The fraction of sp³-hybridized carbons (Fsp3) is 0.273. The van der Waals surface area contributed by atoms with Crippen molar-refractivity contribution in [2.45, 2.75) is 6.42 Å². The van der Waals surface area contributed by atoms with E-state index in [4.69, 9.17) is 0 Å². The maximum atomic E-state index is 11.2. The summed E-state index contributed by atoms with van der Waals surface area (Å²) in [5, 5.41) is 8.13. The Hall–Kier alpha value is -1.40. The Morgan fingerprint density at radius 3 is 3.18 bits per heavy atom. The molecule has 0 saturated carbocycles. The van der Waals surface area contributed by atoms with Crippen molar-refractivity contribution in [3.8, 4) is 0 Å². The number of hydrogen-bond acceptors (Lipinski definition) is 6. The average molecular weight is 268 g/mol. The van der Waals surface area contributed by atoms with Gasteiger partial charge in [-0.2, -0.15) is 11.3 Å². The predicted octanol–water partition coefficient (Wildman–Crippen LogP) is 2.65. The van der Waals surface area contributed by atoms with Gasteiger partial charge in [0.05, 0.1) is 13.3 Å². The molecule has 0 saturated heterocycles. The zero-order valence-corrected chi connectivity index (χ0v) is 10.9. The molecule has 0 spiro atoms. The van der Waals surface area contributed by atoms with Crippen molar-refractivity contribution in [2.75, 3.05) is 19.0 Å². The van der Waals surface area contributed by atoms with E-state index >= 15 is 0 Å². The van der Waals surface area contributed by atoms with Crippen LogP contribution in [-0.4, -0.2) is 24.6 Å². The number of methoxy groups -OCH3 is 1. The summed E-state index contributed by atoms with van der Waals surface area (Å²) in [4.78, 5) is 15.8. The van der Waals surface area contributed by atoms with E-state index in [-0.39, 0.29) is 5.97 Å². The molecular weight excluding hydrogens is 256 g/mol. The molecule has 0 radical (unpaired) electrons. The van der Waals surface area contributed by atoms with Crippen LogP contribution in [0.25, 0.3) is 0 Å². The van der Waals surface area contributed by atoms with Crippen LogP contribution in [0.1, 0.15) is 15.2 Å². The number of rotatable bonds is 5. The lowest BCUT2D eigenvalue weighted by Gasteiger charge is -2.00. The molecule has 0 unspecified atom stereocenters. The average Bonchev–Trinajstić information content (AvgIpc) is 2.99. The second kappa shape index (κ2) is 5.79. The highest BCUT2D eigenvalue weighted by atomic mass is 32.1. The number of ether oxygens (including phenoxy) is 1. The number of carbonyl (C=O) groups is 1. The van der Waals surface area contributed by atoms with Gasteiger partial charge < -0.3 is 10.1 Å². The summed E-state index contributed by atoms with van der Waals surface area (Å²) in [5.74, 6) is -0.339. The van der Waals surface area contributed by atoms with Crippen molar-refractivity contribution in [3.63, 3.8) is 0 Å². The molecule has 0 aromatic carbocycles. The Balaban J connectivity index is 1.83. The third kappa shape index (κ3) is 3.28. The standard InChI is InChI=1S/C11H12N2O2S2/c1-15-10(14)9-6-13-11(17-9)12-4-2-8-3-5-16-7-8/h3,5-7H,2,4H2,1H3,(H,12,13). The van der Waals surface area contributed by atoms with Crippen molar-refractivity contribution in [2.24, 2.45) is 0 Å². The van der Waals surface area contributed by atoms with Crippen molar-refractivity contribution >= 4 is 33.8 Å². The number of nitrogens with zero attached hydrogens (tertiary/aromatic N) is 1. The number of anilines is 1. The molecule has 1 N–H and O–H groups in total. The molecule has 0 amide bonds. The van der Waals surface area contributed by atoms with Crippen LogP contribution < -0.4 is 5.32 Å². The molecule has 17 heavy (non-hydrogen) atoms. The van der Waals surface area contributed by atoms with Crippen LogP contribution in [0.3, 0.4) is 0 Å². The molecule has 2 aromatic heterocycles. The first-order valence-corrected chi connectivity index (χ1v) is 6.84. The summed E-state index contributed by atoms with van der Waals surface area (Å²) < 4.78 is 4.62. The smallest absolute Gasteiger partial charge is 0.349 e. The number of esters is 1. The highest BCUT2D eigenvalue weighted by Gasteiger charge is 2.09. The minimum atomic E-state index is -0.339. The normalized spacial score (nSPS) is 10.2. The SMILES string of the molecule is COC(=O)c1cnc(NCCc2ccsc2)s1. The summed E-state index contributed by atoms with van der Waals surface area (Å²) in [5.41, 5.74) is 1.31. The Morgan fingerprint density at radius 2 is 2.47 bits per heavy atom. The Labute approximate surface area is 107 Å². The first-order chi connectivity index (χ1) is 8.29. The van der Waals surface area contributed by atoms with E-state index in [2.05, 4.69) is 31.9 Å². The minimum Gasteiger partial charge on any atom is -0.465 e. The molecule has 0 aliphatic rings. The fourth-order valence-corrected chi connectivity index (χ4v) is 2.76. The lowest BCUT2D eigenvalue weighted by molar-refractivity contribution is 0.0606. The second-order valence-corrected chi connectivity index (χ2v) is 5.14. The molecule has 90 valence electrons. The van der Waals surface area contributed by atoms with Gasteiger partial charge in [-0.15, -0.1) is 0 Å². The van der Waals surface area contributed by atoms with Gasteiger partial charge in [0.25, 0.3) is 0 Å². The van der Waals surface area contributed by atoms with Gasteiger partial charge in [0.1, 0.15) is 4.88 Å². The second-order valence-electron chi connectivity index (χ2n) is 3.33. The molecule has 2 rings (SSSR count). The summed E-state index contributed by atoms with van der Waals surface area (Å²) in [6, 6.07) is 2.11. The molecule has 0 atom stereocenters. The number of carbonyl (C=O) groups excluding carboxylic acids is 1. The Kier molecular flexibility index (Phi) is 4.11. The van der Waals surface area contributed by atoms with Gasteiger partial charge in [-0.3, -0.25) is 0 Å². The van der Waals surface area contributed by atoms with Gasteiger partial charge in [-0.05, 0) is 28.8 Å². The molecule has 0 fully saturated rings. The van der Waals surface area contributed by atoms with Crippen molar-refractivity contribution < 1.29 is 9.53 Å². The van der Waals surface area contributed by atoms with E-state index in [0.29, 0.717) is 4.88 Å². The first-order valence-electron chi connectivity index (χ1n) is 5.08. The molecule has 6 heteroatoms. The van der Waals surface area contributed by atoms with Crippen molar-refractivity contribution in [3.05, 3.63) is 33.5 Å². The summed E-state index contributed by atoms with van der Waals surface area (Å²) in [6.45, 7) is 0.810. The first kappa shape index (κ1) is 12.1. The van der Waals surface area contributed by atoms with Crippen LogP contribution in [0.15, 0.2) is 23.0 Å². The van der Waals surface area contributed by atoms with Gasteiger partial charge in [0, 0.05) is 6.54 Å². The highest BCUT2D eigenvalue weighted by molar-refractivity contribution is 7.17. The summed E-state index contributed by atoms with van der Waals surface area (Å²) in [7, 11) is 1.37. The molecular formula is C11H12N2O2S2. The largest absolute Gasteiger partial charge is 0.465 e. The van der Waals surface area contributed by atoms with Gasteiger partial charge in [0.15, 0.2) is 5.13 Å². The predicted molar refractivity (Wildman–Crippen MR) is 70.0 cm³/mol. The van der Waals surface area contributed by atoms with E-state index in [1.165, 1.54) is 30.2 Å². The van der Waals surface area contributed by atoms with Crippen LogP contribution in [0.2, 0.25) is 0 Å². The zero-order valence-electron chi connectivity index (χ0n) is 9.30. The maximum absolute atomic E-state index is 11.2. The van der Waals surface area contributed by atoms with E-state index in [0.717, 1.165) is 18.1 Å². The Bertz CT molecular complexity index is 479. The molecule has 0 aliphatic heterocycles. The van der Waals surface area contributed by atoms with E-state index < -0.39 is 0 Å². The van der Waals surface area contributed by atoms with Crippen molar-refractivity contribution in [1.29, 1.82) is 0 Å². The van der Waals surface area contributed by atoms with Crippen LogP contribution in [-0.2, 0) is 11.2 Å². The van der Waals surface area contributed by atoms with Gasteiger partial charge in [0.2, 0.25) is 0 Å². The number of thiophene rings is 1. The molecule has 2 aromatic rings. The van der Waals surface area contributed by atoms with E-state index in [1.54, 1.807) is 11.3 Å². The van der Waals surface area contributed by atoms with Crippen LogP contribution in [0.4, 0.5) is 5.13 Å². The number of thiazole rings is 1. The molecule has 4 nitrogen and oxygen atoms in total. The lowest BCUT2D eigenvalue weighted by atomic mass is 10.2. The van der Waals surface area contributed by atoms with Crippen molar-refractivity contribution in [1.82, 2.24) is 4.98 Å². The quantitative estimate of drug-likeness (QED) is 0.847. The van der Waals surface area contributed by atoms with Crippen LogP contribution in [0, 0.1) is 0 Å². The number of nitrogens with one attached hydrogen (secondary N) is 1. The molecule has 0 bridgehead atoms. The Morgan fingerprint density at radius 1 is 1.59 bits per heavy atom. The van der Waals surface area contributed by atoms with Crippen LogP contribution in [0.5, 0.6) is 0 Å². The molecule has 2 heterocycles. The fourth-order valence-electron chi connectivity index (χ4n) is 1.30. The van der Waals surface area contributed by atoms with E-state index in [1.807, 2.05) is 0 Å². The summed E-state index contributed by atoms with van der Waals surface area (Å²) >= 11 is 3.00.